The highest BCUT2D eigenvalue weighted by atomic mass is 127. The van der Waals surface area contributed by atoms with Crippen LogP contribution in [0.3, 0.4) is 0 Å². The van der Waals surface area contributed by atoms with Crippen molar-refractivity contribution in [1.29, 1.82) is 0 Å². The molecule has 2 aliphatic rings. The third-order valence-corrected chi connectivity index (χ3v) is 5.81. The highest BCUT2D eigenvalue weighted by Crippen LogP contribution is 2.45. The minimum absolute atomic E-state index is 0.337. The van der Waals surface area contributed by atoms with Crippen molar-refractivity contribution in [1.82, 2.24) is 0 Å². The molecular formula is C21H33F3IO4P. The molecule has 2 rings (SSSR count). The van der Waals surface area contributed by atoms with Crippen LogP contribution in [0.4, 0.5) is 13.2 Å². The number of halogens is 4. The molecule has 1 saturated heterocycles. The third kappa shape index (κ3) is 11.3. The van der Waals surface area contributed by atoms with Crippen LogP contribution in [0.1, 0.15) is 33.1 Å². The molecule has 2 fully saturated rings. The topological polar surface area (TPSA) is 47.9 Å². The lowest BCUT2D eigenvalue weighted by Gasteiger charge is -2.19. The van der Waals surface area contributed by atoms with Crippen LogP contribution in [0.2, 0.25) is 0 Å². The molecule has 2 unspecified atom stereocenters. The van der Waals surface area contributed by atoms with Crippen LogP contribution >= 0.6 is 28.5 Å². The van der Waals surface area contributed by atoms with Crippen molar-refractivity contribution in [3.8, 4) is 0 Å². The number of ether oxygens (including phenoxy) is 2. The van der Waals surface area contributed by atoms with Gasteiger partial charge in [0.1, 0.15) is 0 Å². The van der Waals surface area contributed by atoms with E-state index in [1.165, 1.54) is 6.42 Å². The number of allylic oxidation sites excluding steroid dienone is 4. The highest BCUT2D eigenvalue weighted by molar-refractivity contribution is 14.2. The van der Waals surface area contributed by atoms with Crippen LogP contribution < -0.4 is 0 Å². The average Bonchev–Trinajstić information content (AvgIpc) is 3.25. The zero-order valence-corrected chi connectivity index (χ0v) is 20.9. The molecule has 0 aromatic rings. The minimum atomic E-state index is -4.20. The van der Waals surface area contributed by atoms with Crippen molar-refractivity contribution < 1.29 is 32.3 Å². The second-order valence-corrected chi connectivity index (χ2v) is 8.47. The molecule has 0 radical (unpaired) electrons. The summed E-state index contributed by atoms with van der Waals surface area (Å²) >= 11 is 2.30. The minimum Gasteiger partial charge on any atom is -0.499 e. The van der Waals surface area contributed by atoms with E-state index < -0.39 is 11.7 Å². The number of rotatable bonds is 8. The molecule has 1 heterocycles. The van der Waals surface area contributed by atoms with Gasteiger partial charge >= 0.3 is 6.18 Å². The van der Waals surface area contributed by atoms with E-state index in [2.05, 4.69) is 47.4 Å². The Morgan fingerprint density at radius 3 is 2.50 bits per heavy atom. The Morgan fingerprint density at radius 2 is 2.00 bits per heavy atom. The second kappa shape index (κ2) is 16.3. The van der Waals surface area contributed by atoms with Crippen molar-refractivity contribution >= 4 is 28.5 Å². The Hall–Kier alpha value is -0.410. The van der Waals surface area contributed by atoms with Gasteiger partial charge in [-0.15, -0.1) is 0 Å². The first-order valence-corrected chi connectivity index (χ1v) is 13.6. The summed E-state index contributed by atoms with van der Waals surface area (Å²) in [5.41, 5.74) is -0.627. The predicted molar refractivity (Wildman–Crippen MR) is 126 cm³/mol. The Bertz CT molecular complexity index is 567. The van der Waals surface area contributed by atoms with Crippen molar-refractivity contribution in [2.75, 3.05) is 20.3 Å². The first kappa shape index (κ1) is 29.6. The van der Waals surface area contributed by atoms with Gasteiger partial charge in [-0.3, -0.25) is 0 Å². The molecule has 0 bridgehead atoms. The summed E-state index contributed by atoms with van der Waals surface area (Å²) < 4.78 is 51.6. The molecule has 1 aliphatic heterocycles. The quantitative estimate of drug-likeness (QED) is 0.0911. The maximum Gasteiger partial charge on any atom is 0.412 e. The molecule has 4 nitrogen and oxygen atoms in total. The maximum atomic E-state index is 11.5. The first-order chi connectivity index (χ1) is 14.2. The lowest BCUT2D eigenvalue weighted by Crippen LogP contribution is -2.18. The van der Waals surface area contributed by atoms with E-state index in [0.29, 0.717) is 37.1 Å². The molecule has 9 heteroatoms. The zero-order valence-electron chi connectivity index (χ0n) is 17.8. The molecule has 1 aliphatic carbocycles. The third-order valence-electron chi connectivity index (χ3n) is 4.65. The molecule has 0 aromatic carbocycles. The summed E-state index contributed by atoms with van der Waals surface area (Å²) in [6, 6.07) is 0. The normalized spacial score (nSPS) is 26.1. The zero-order chi connectivity index (χ0) is 23.2. The van der Waals surface area contributed by atoms with Crippen molar-refractivity contribution in [2.45, 2.75) is 51.5 Å². The summed E-state index contributed by atoms with van der Waals surface area (Å²) in [6.45, 7) is 11.9. The summed E-state index contributed by atoms with van der Waals surface area (Å²) in [5.74, 6) is 1.95. The summed E-state index contributed by atoms with van der Waals surface area (Å²) in [7, 11) is 1.00. The number of fused-ring (bicyclic) bond motifs is 1. The lowest BCUT2D eigenvalue weighted by atomic mass is 9.92. The van der Waals surface area contributed by atoms with E-state index >= 15 is 0 Å². The van der Waals surface area contributed by atoms with Gasteiger partial charge < -0.3 is 19.1 Å². The van der Waals surface area contributed by atoms with E-state index in [1.54, 1.807) is 0 Å². The van der Waals surface area contributed by atoms with E-state index in [0.717, 1.165) is 51.4 Å². The number of alkyl halides is 3. The van der Waals surface area contributed by atoms with Gasteiger partial charge in [-0.1, -0.05) is 37.5 Å². The molecule has 1 N–H and O–H groups in total. The number of aliphatic hydroxyl groups is 1. The van der Waals surface area contributed by atoms with Gasteiger partial charge in [-0.2, -0.15) is 13.2 Å². The lowest BCUT2D eigenvalue weighted by molar-refractivity contribution is -0.0913. The summed E-state index contributed by atoms with van der Waals surface area (Å²) in [4.78, 5) is 0. The van der Waals surface area contributed by atoms with Gasteiger partial charge in [0.2, 0.25) is 0 Å². The van der Waals surface area contributed by atoms with Crippen molar-refractivity contribution in [3.05, 3.63) is 48.8 Å². The van der Waals surface area contributed by atoms with E-state index in [-0.39, 0.29) is 0 Å². The smallest absolute Gasteiger partial charge is 0.412 e. The second-order valence-electron chi connectivity index (χ2n) is 6.76. The van der Waals surface area contributed by atoms with E-state index in [9.17, 15) is 13.2 Å². The van der Waals surface area contributed by atoms with Gasteiger partial charge in [-0.05, 0) is 54.6 Å². The number of hydrogen-bond donors (Lipinski definition) is 1. The maximum absolute atomic E-state index is 11.5. The fraction of sp³-hybridized carbons (Fsp3) is 0.619. The molecule has 0 amide bonds. The SMILES string of the molecule is C=C(C)OCC/C=C/C1[C@H]2CCO[C@H]2C[C@H]1OPI.C=C/C=C(\C)C(F)(F)F.CO. The number of hydrogen-bond acceptors (Lipinski definition) is 4. The van der Waals surface area contributed by atoms with Crippen LogP contribution in [-0.4, -0.2) is 43.8 Å². The summed E-state index contributed by atoms with van der Waals surface area (Å²) in [6.07, 6.45) is 6.30. The van der Waals surface area contributed by atoms with Crippen LogP contribution in [0, 0.1) is 11.8 Å². The predicted octanol–water partition coefficient (Wildman–Crippen LogP) is 6.53. The molecule has 1 saturated carbocycles. The van der Waals surface area contributed by atoms with Gasteiger partial charge in [0, 0.05) is 31.6 Å². The van der Waals surface area contributed by atoms with Crippen molar-refractivity contribution in [3.63, 3.8) is 0 Å². The van der Waals surface area contributed by atoms with E-state index in [4.69, 9.17) is 19.1 Å². The van der Waals surface area contributed by atoms with Crippen LogP contribution in [0.5, 0.6) is 0 Å². The Morgan fingerprint density at radius 1 is 1.33 bits per heavy atom. The number of aliphatic hydroxyl groups excluding tert-OH is 1. The highest BCUT2D eigenvalue weighted by Gasteiger charge is 2.45. The molecule has 0 spiro atoms. The van der Waals surface area contributed by atoms with Gasteiger partial charge in [0.15, 0.2) is 0 Å². The molecule has 30 heavy (non-hydrogen) atoms. The molecule has 0 aromatic heterocycles. The fourth-order valence-electron chi connectivity index (χ4n) is 3.29. The molecular weight excluding hydrogens is 531 g/mol. The Labute approximate surface area is 193 Å². The molecule has 5 atom stereocenters. The average molecular weight is 564 g/mol. The van der Waals surface area contributed by atoms with Gasteiger partial charge in [-0.25, -0.2) is 0 Å². The standard InChI is InChI=1S/C14H22IO3P.C6H7F3.CH4O/c1-10(2)16-7-4-3-5-11-12-6-8-17-13(12)9-14(11)18-19-15;1-3-4-5(2)6(7,8)9;1-2/h3,5,11-14,19H,1,4,6-9H2,2H3;3-4H,1H2,2H3;2H,1H3/b5-3+;5-4+;/t11?,12-,13+,14-;;/m1../s1. The van der Waals surface area contributed by atoms with E-state index in [1.807, 2.05) is 6.92 Å². The van der Waals surface area contributed by atoms with Gasteiger partial charge in [0.05, 0.1) is 31.0 Å². The first-order valence-electron chi connectivity index (χ1n) is 9.59. The van der Waals surface area contributed by atoms with Crippen molar-refractivity contribution in [2.24, 2.45) is 11.8 Å². The van der Waals surface area contributed by atoms with Crippen LogP contribution in [0.15, 0.2) is 48.8 Å². The van der Waals surface area contributed by atoms with Crippen LogP contribution in [0.25, 0.3) is 0 Å². The Balaban J connectivity index is 0.000000648. The molecule has 174 valence electrons. The largest absolute Gasteiger partial charge is 0.499 e. The summed E-state index contributed by atoms with van der Waals surface area (Å²) in [5, 5.41) is 7.00. The van der Waals surface area contributed by atoms with Gasteiger partial charge in [0.25, 0.3) is 0 Å². The fourth-order valence-corrected chi connectivity index (χ4v) is 4.63. The monoisotopic (exact) mass is 564 g/mol. The Kier molecular flexibility index (Phi) is 16.0. The van der Waals surface area contributed by atoms with Crippen LogP contribution in [-0.2, 0) is 14.0 Å².